The number of amides is 1. The molecule has 2 aliphatic heterocycles. The monoisotopic (exact) mass is 557 g/mol. The fraction of sp³-hybridized carbons (Fsp3) is 0.304. The molecule has 2 fully saturated rings. The Hall–Kier alpha value is -3.29. The number of fused-ring (bicyclic) bond motifs is 2. The van der Waals surface area contributed by atoms with Gasteiger partial charge in [-0.15, -0.1) is 11.3 Å². The minimum Gasteiger partial charge on any atom is -0.475 e. The number of aromatic nitrogens is 2. The third kappa shape index (κ3) is 6.35. The number of hydrogen-bond donors (Lipinski definition) is 2. The number of carboxylic acid groups (broad SMARTS) is 1. The zero-order valence-electron chi connectivity index (χ0n) is 19.0. The van der Waals surface area contributed by atoms with Gasteiger partial charge in [-0.25, -0.2) is 19.2 Å². The van der Waals surface area contributed by atoms with Crippen LogP contribution in [0, 0.1) is 5.82 Å². The van der Waals surface area contributed by atoms with E-state index in [1.165, 1.54) is 23.5 Å². The number of alkyl halides is 3. The Morgan fingerprint density at radius 2 is 1.89 bits per heavy atom. The maximum atomic E-state index is 14.3. The molecule has 0 spiro atoms. The number of thiazole rings is 1. The van der Waals surface area contributed by atoms with Crippen LogP contribution in [0.25, 0.3) is 0 Å². The summed E-state index contributed by atoms with van der Waals surface area (Å²) < 4.78 is 46.0. The van der Waals surface area contributed by atoms with Crippen LogP contribution in [-0.4, -0.2) is 68.1 Å². The second kappa shape index (κ2) is 11.0. The van der Waals surface area contributed by atoms with Crippen molar-refractivity contribution in [3.05, 3.63) is 70.1 Å². The molecule has 37 heavy (non-hydrogen) atoms. The van der Waals surface area contributed by atoms with Gasteiger partial charge in [0.1, 0.15) is 5.82 Å². The normalized spacial score (nSPS) is 18.9. The van der Waals surface area contributed by atoms with Crippen LogP contribution in [0.2, 0.25) is 5.02 Å². The molecule has 2 bridgehead atoms. The Morgan fingerprint density at radius 1 is 1.16 bits per heavy atom. The summed E-state index contributed by atoms with van der Waals surface area (Å²) in [4.78, 5) is 34.8. The van der Waals surface area contributed by atoms with Crippen LogP contribution in [0.4, 0.5) is 28.5 Å². The molecule has 0 radical (unpaired) electrons. The number of aliphatic carboxylic acids is 1. The highest BCUT2D eigenvalue weighted by Crippen LogP contribution is 2.33. The van der Waals surface area contributed by atoms with Gasteiger partial charge in [-0.05, 0) is 30.7 Å². The van der Waals surface area contributed by atoms with Crippen LogP contribution in [0.1, 0.15) is 22.5 Å². The van der Waals surface area contributed by atoms with Crippen molar-refractivity contribution in [1.82, 2.24) is 19.8 Å². The van der Waals surface area contributed by atoms with E-state index in [1.54, 1.807) is 17.2 Å². The lowest BCUT2D eigenvalue weighted by molar-refractivity contribution is -0.192. The minimum absolute atomic E-state index is 0.0239. The number of likely N-dealkylation sites (tertiary alicyclic amines) is 2. The van der Waals surface area contributed by atoms with E-state index >= 15 is 0 Å². The van der Waals surface area contributed by atoms with Gasteiger partial charge in [0, 0.05) is 43.3 Å². The van der Waals surface area contributed by atoms with Crippen molar-refractivity contribution in [2.45, 2.75) is 31.2 Å². The Balaban J connectivity index is 0.000000405. The number of hydrogen-bond acceptors (Lipinski definition) is 7. The molecule has 0 unspecified atom stereocenters. The molecule has 1 amide bonds. The Kier molecular flexibility index (Phi) is 7.95. The third-order valence-electron chi connectivity index (χ3n) is 5.88. The number of piperazine rings is 1. The third-order valence-corrected chi connectivity index (χ3v) is 6.86. The van der Waals surface area contributed by atoms with Crippen molar-refractivity contribution in [2.24, 2.45) is 0 Å². The Labute approximate surface area is 217 Å². The summed E-state index contributed by atoms with van der Waals surface area (Å²) in [6, 6.07) is 10.8. The first-order valence-electron chi connectivity index (χ1n) is 10.9. The number of pyridine rings is 1. The van der Waals surface area contributed by atoms with Gasteiger partial charge >= 0.3 is 12.1 Å². The van der Waals surface area contributed by atoms with Gasteiger partial charge in [-0.1, -0.05) is 23.7 Å². The van der Waals surface area contributed by atoms with Crippen LogP contribution < -0.4 is 5.32 Å². The first-order chi connectivity index (χ1) is 17.5. The van der Waals surface area contributed by atoms with Gasteiger partial charge in [-0.3, -0.25) is 9.69 Å². The molecule has 1 aromatic carbocycles. The number of benzene rings is 1. The van der Waals surface area contributed by atoms with Crippen LogP contribution in [0.5, 0.6) is 0 Å². The lowest BCUT2D eigenvalue weighted by Crippen LogP contribution is -2.48. The van der Waals surface area contributed by atoms with Gasteiger partial charge in [0.2, 0.25) is 0 Å². The van der Waals surface area contributed by atoms with Crippen molar-refractivity contribution in [2.75, 3.05) is 18.4 Å². The molecule has 2 aromatic heterocycles. The SMILES string of the molecule is O=C(O)C(F)(F)F.O=C(c1cccc(Cl)c1F)N1C[C@@H]2C[C@H]1CN2Cc1cccc(Nc2nccs2)n1. The first-order valence-corrected chi connectivity index (χ1v) is 12.2. The summed E-state index contributed by atoms with van der Waals surface area (Å²) in [6.45, 7) is 2.05. The number of nitrogens with one attached hydrogen (secondary N) is 1. The van der Waals surface area contributed by atoms with Gasteiger partial charge in [-0.2, -0.15) is 13.2 Å². The number of halogens is 5. The van der Waals surface area contributed by atoms with Gasteiger partial charge < -0.3 is 15.3 Å². The molecular weight excluding hydrogens is 538 g/mol. The predicted octanol–water partition coefficient (Wildman–Crippen LogP) is 4.81. The summed E-state index contributed by atoms with van der Waals surface area (Å²) >= 11 is 7.37. The zero-order valence-corrected chi connectivity index (χ0v) is 20.5. The summed E-state index contributed by atoms with van der Waals surface area (Å²) in [5.41, 5.74) is 1.01. The molecule has 2 N–H and O–H groups in total. The standard InChI is InChI=1S/C21H19ClFN5OS.C2HF3O2/c22-17-5-2-4-16(19(17)23)20(29)28-12-14-9-15(28)11-27(14)10-13-3-1-6-18(25-13)26-21-24-7-8-30-21;3-2(4,5)1(6)7/h1-8,14-15H,9-12H2,(H,24,25,26);(H,6,7)/t14-,15-;/m0./s1. The molecule has 2 aliphatic rings. The van der Waals surface area contributed by atoms with Crippen LogP contribution in [-0.2, 0) is 11.3 Å². The van der Waals surface area contributed by atoms with E-state index in [1.807, 2.05) is 23.6 Å². The highest BCUT2D eigenvalue weighted by atomic mass is 35.5. The molecule has 196 valence electrons. The van der Waals surface area contributed by atoms with Crippen molar-refractivity contribution in [1.29, 1.82) is 0 Å². The second-order valence-electron chi connectivity index (χ2n) is 8.31. The van der Waals surface area contributed by atoms with Crippen molar-refractivity contribution >= 4 is 45.8 Å². The minimum atomic E-state index is -5.08. The highest BCUT2D eigenvalue weighted by Gasteiger charge is 2.45. The molecule has 0 saturated carbocycles. The van der Waals surface area contributed by atoms with Crippen molar-refractivity contribution in [3.8, 4) is 0 Å². The van der Waals surface area contributed by atoms with E-state index in [4.69, 9.17) is 21.5 Å². The van der Waals surface area contributed by atoms with E-state index < -0.39 is 18.0 Å². The van der Waals surface area contributed by atoms with Gasteiger partial charge in [0.05, 0.1) is 16.3 Å². The largest absolute Gasteiger partial charge is 0.490 e. The predicted molar refractivity (Wildman–Crippen MR) is 128 cm³/mol. The van der Waals surface area contributed by atoms with Gasteiger partial charge in [0.15, 0.2) is 10.9 Å². The van der Waals surface area contributed by atoms with Crippen LogP contribution >= 0.6 is 22.9 Å². The summed E-state index contributed by atoms with van der Waals surface area (Å²) in [6.07, 6.45) is -2.44. The smallest absolute Gasteiger partial charge is 0.475 e. The summed E-state index contributed by atoms with van der Waals surface area (Å²) in [7, 11) is 0. The van der Waals surface area contributed by atoms with Crippen molar-refractivity contribution in [3.63, 3.8) is 0 Å². The fourth-order valence-corrected chi connectivity index (χ4v) is 4.97. The lowest BCUT2D eigenvalue weighted by Gasteiger charge is -2.34. The van der Waals surface area contributed by atoms with E-state index in [0.717, 1.165) is 29.6 Å². The topological polar surface area (TPSA) is 98.7 Å². The molecule has 14 heteroatoms. The van der Waals surface area contributed by atoms with Crippen LogP contribution in [0.3, 0.4) is 0 Å². The van der Waals surface area contributed by atoms with E-state index in [9.17, 15) is 22.4 Å². The molecule has 5 rings (SSSR count). The lowest BCUT2D eigenvalue weighted by atomic mass is 10.1. The maximum absolute atomic E-state index is 14.3. The Bertz CT molecular complexity index is 1280. The maximum Gasteiger partial charge on any atom is 0.490 e. The van der Waals surface area contributed by atoms with E-state index in [-0.39, 0.29) is 28.6 Å². The molecule has 3 aromatic rings. The number of carboxylic acids is 1. The quantitative estimate of drug-likeness (QED) is 0.435. The number of carbonyl (C=O) groups excluding carboxylic acids is 1. The average Bonchev–Trinajstić information content (AvgIpc) is 3.58. The molecule has 2 saturated heterocycles. The number of anilines is 2. The number of rotatable bonds is 5. The number of nitrogens with zero attached hydrogens (tertiary/aromatic N) is 4. The van der Waals surface area contributed by atoms with Gasteiger partial charge in [0.25, 0.3) is 5.91 Å². The highest BCUT2D eigenvalue weighted by molar-refractivity contribution is 7.13. The fourth-order valence-electron chi connectivity index (χ4n) is 4.26. The van der Waals surface area contributed by atoms with Crippen LogP contribution in [0.15, 0.2) is 48.0 Å². The summed E-state index contributed by atoms with van der Waals surface area (Å²) in [5.74, 6) is -2.92. The molecule has 2 atom stereocenters. The summed E-state index contributed by atoms with van der Waals surface area (Å²) in [5, 5.41) is 13.0. The second-order valence-corrected chi connectivity index (χ2v) is 9.61. The van der Waals surface area contributed by atoms with E-state index in [2.05, 4.69) is 20.2 Å². The van der Waals surface area contributed by atoms with E-state index in [0.29, 0.717) is 13.1 Å². The number of carbonyl (C=O) groups is 2. The Morgan fingerprint density at radius 3 is 2.51 bits per heavy atom. The first kappa shape index (κ1) is 26.8. The molecule has 4 heterocycles. The molecule has 0 aliphatic carbocycles. The molecule has 8 nitrogen and oxygen atoms in total. The zero-order chi connectivity index (χ0) is 26.7. The molecular formula is C23H20ClF4N5O3S. The van der Waals surface area contributed by atoms with Crippen molar-refractivity contribution < 1.29 is 32.3 Å². The average molecular weight is 558 g/mol.